The van der Waals surface area contributed by atoms with Gasteiger partial charge < -0.3 is 10.3 Å². The van der Waals surface area contributed by atoms with Crippen LogP contribution in [0.2, 0.25) is 0 Å². The fourth-order valence-electron chi connectivity index (χ4n) is 4.08. The van der Waals surface area contributed by atoms with Gasteiger partial charge in [-0.2, -0.15) is 0 Å². The molecule has 114 valence electrons. The Hall–Kier alpha value is -2.59. The molecule has 1 amide bonds. The summed E-state index contributed by atoms with van der Waals surface area (Å²) in [6.45, 7) is 2.85. The zero-order chi connectivity index (χ0) is 15.6. The van der Waals surface area contributed by atoms with E-state index in [1.165, 1.54) is 10.9 Å². The van der Waals surface area contributed by atoms with Crippen molar-refractivity contribution < 1.29 is 4.79 Å². The molecule has 3 N–H and O–H groups in total. The molecule has 1 aromatic heterocycles. The molecule has 2 aliphatic rings. The van der Waals surface area contributed by atoms with Gasteiger partial charge in [-0.1, -0.05) is 35.9 Å². The van der Waals surface area contributed by atoms with E-state index in [9.17, 15) is 4.79 Å². The number of amides is 1. The SMILES string of the molecule is Cc1ccc2c(c1)C1(NCCc3c1[nH]c1ccccc31)C(=O)N2. The number of anilines is 1. The van der Waals surface area contributed by atoms with Crippen molar-refractivity contribution in [1.29, 1.82) is 0 Å². The normalized spacial score (nSPS) is 22.2. The van der Waals surface area contributed by atoms with Crippen LogP contribution in [0.15, 0.2) is 42.5 Å². The van der Waals surface area contributed by atoms with Crippen LogP contribution in [0.3, 0.4) is 0 Å². The molecule has 2 aromatic carbocycles. The first-order valence-corrected chi connectivity index (χ1v) is 7.98. The summed E-state index contributed by atoms with van der Waals surface area (Å²) in [4.78, 5) is 16.5. The van der Waals surface area contributed by atoms with Gasteiger partial charge >= 0.3 is 0 Å². The van der Waals surface area contributed by atoms with Crippen LogP contribution < -0.4 is 10.6 Å². The van der Waals surface area contributed by atoms with Gasteiger partial charge in [-0.25, -0.2) is 0 Å². The van der Waals surface area contributed by atoms with Crippen LogP contribution in [0, 0.1) is 6.92 Å². The Balaban J connectivity index is 1.87. The van der Waals surface area contributed by atoms with Gasteiger partial charge in [0.1, 0.15) is 0 Å². The Labute approximate surface area is 133 Å². The quantitative estimate of drug-likeness (QED) is 0.598. The van der Waals surface area contributed by atoms with E-state index in [0.717, 1.165) is 41.0 Å². The van der Waals surface area contributed by atoms with Crippen molar-refractivity contribution in [2.24, 2.45) is 0 Å². The lowest BCUT2D eigenvalue weighted by Crippen LogP contribution is -2.53. The number of aryl methyl sites for hydroxylation is 1. The lowest BCUT2D eigenvalue weighted by Gasteiger charge is -2.33. The third-order valence-electron chi connectivity index (χ3n) is 5.12. The van der Waals surface area contributed by atoms with Crippen LogP contribution in [0.1, 0.15) is 22.4 Å². The fraction of sp³-hybridized carbons (Fsp3) is 0.211. The fourth-order valence-corrected chi connectivity index (χ4v) is 4.08. The predicted molar refractivity (Wildman–Crippen MR) is 90.6 cm³/mol. The smallest absolute Gasteiger partial charge is 0.255 e. The van der Waals surface area contributed by atoms with Gasteiger partial charge in [0.15, 0.2) is 5.54 Å². The molecule has 3 heterocycles. The summed E-state index contributed by atoms with van der Waals surface area (Å²) in [5.74, 6) is 0.00519. The van der Waals surface area contributed by atoms with Crippen molar-refractivity contribution in [1.82, 2.24) is 10.3 Å². The summed E-state index contributed by atoms with van der Waals surface area (Å²) < 4.78 is 0. The zero-order valence-electron chi connectivity index (χ0n) is 12.9. The highest BCUT2D eigenvalue weighted by Gasteiger charge is 2.51. The molecule has 4 heteroatoms. The summed E-state index contributed by atoms with van der Waals surface area (Å²) in [5.41, 5.74) is 5.62. The molecule has 0 fully saturated rings. The first-order chi connectivity index (χ1) is 11.2. The highest BCUT2D eigenvalue weighted by atomic mass is 16.2. The van der Waals surface area contributed by atoms with Crippen LogP contribution in [0.4, 0.5) is 5.69 Å². The average molecular weight is 303 g/mol. The van der Waals surface area contributed by atoms with E-state index in [0.29, 0.717) is 0 Å². The van der Waals surface area contributed by atoms with Crippen molar-refractivity contribution in [3.63, 3.8) is 0 Å². The van der Waals surface area contributed by atoms with Crippen molar-refractivity contribution in [2.75, 3.05) is 11.9 Å². The third kappa shape index (κ3) is 1.51. The van der Waals surface area contributed by atoms with E-state index < -0.39 is 5.54 Å². The lowest BCUT2D eigenvalue weighted by atomic mass is 9.81. The minimum Gasteiger partial charge on any atom is -0.356 e. The van der Waals surface area contributed by atoms with E-state index in [1.54, 1.807) is 0 Å². The average Bonchev–Trinajstić information content (AvgIpc) is 3.06. The molecule has 0 saturated heterocycles. The van der Waals surface area contributed by atoms with Gasteiger partial charge in [-0.3, -0.25) is 10.1 Å². The Morgan fingerprint density at radius 2 is 2.00 bits per heavy atom. The number of hydrogen-bond donors (Lipinski definition) is 3. The van der Waals surface area contributed by atoms with Gasteiger partial charge in [0.25, 0.3) is 5.91 Å². The number of rotatable bonds is 0. The monoisotopic (exact) mass is 303 g/mol. The molecule has 23 heavy (non-hydrogen) atoms. The molecule has 1 atom stereocenters. The summed E-state index contributed by atoms with van der Waals surface area (Å²) in [7, 11) is 0. The number of para-hydroxylation sites is 1. The molecule has 0 radical (unpaired) electrons. The molecular weight excluding hydrogens is 286 g/mol. The summed E-state index contributed by atoms with van der Waals surface area (Å²) in [6.07, 6.45) is 0.926. The number of hydrogen-bond acceptors (Lipinski definition) is 2. The highest BCUT2D eigenvalue weighted by molar-refractivity contribution is 6.09. The summed E-state index contributed by atoms with van der Waals surface area (Å²) in [5, 5.41) is 7.77. The number of H-pyrrole nitrogens is 1. The lowest BCUT2D eigenvalue weighted by molar-refractivity contribution is -0.120. The Morgan fingerprint density at radius 3 is 2.91 bits per heavy atom. The van der Waals surface area contributed by atoms with Crippen LogP contribution in [0.5, 0.6) is 0 Å². The van der Waals surface area contributed by atoms with Crippen LogP contribution in [0.25, 0.3) is 10.9 Å². The molecule has 0 bridgehead atoms. The molecule has 1 unspecified atom stereocenters. The van der Waals surface area contributed by atoms with Gasteiger partial charge in [0, 0.05) is 28.7 Å². The van der Waals surface area contributed by atoms with E-state index in [1.807, 2.05) is 18.2 Å². The zero-order valence-corrected chi connectivity index (χ0v) is 12.9. The number of benzene rings is 2. The minimum absolute atomic E-state index is 0.00519. The van der Waals surface area contributed by atoms with Gasteiger partial charge in [0.05, 0.1) is 5.69 Å². The van der Waals surface area contributed by atoms with E-state index >= 15 is 0 Å². The first-order valence-electron chi connectivity index (χ1n) is 7.98. The summed E-state index contributed by atoms with van der Waals surface area (Å²) in [6, 6.07) is 14.4. The molecule has 4 nitrogen and oxygen atoms in total. The maximum atomic E-state index is 13.0. The molecular formula is C19H17N3O. The van der Waals surface area contributed by atoms with Gasteiger partial charge in [0.2, 0.25) is 0 Å². The number of aromatic amines is 1. The van der Waals surface area contributed by atoms with Crippen molar-refractivity contribution in [2.45, 2.75) is 18.9 Å². The van der Waals surface area contributed by atoms with E-state index in [-0.39, 0.29) is 5.91 Å². The number of aromatic nitrogens is 1. The number of nitrogens with one attached hydrogen (secondary N) is 3. The second-order valence-corrected chi connectivity index (χ2v) is 6.45. The number of carbonyl (C=O) groups is 1. The van der Waals surface area contributed by atoms with Gasteiger partial charge in [-0.05, 0) is 31.0 Å². The number of fused-ring (bicyclic) bond motifs is 6. The Morgan fingerprint density at radius 1 is 1.13 bits per heavy atom. The number of carbonyl (C=O) groups excluding carboxylic acids is 1. The van der Waals surface area contributed by atoms with E-state index in [4.69, 9.17) is 0 Å². The Bertz CT molecular complexity index is 972. The highest BCUT2D eigenvalue weighted by Crippen LogP contribution is 2.45. The third-order valence-corrected chi connectivity index (χ3v) is 5.12. The van der Waals surface area contributed by atoms with Crippen LogP contribution in [-0.4, -0.2) is 17.4 Å². The maximum absolute atomic E-state index is 13.0. The maximum Gasteiger partial charge on any atom is 0.255 e. The van der Waals surface area contributed by atoms with Crippen molar-refractivity contribution >= 4 is 22.5 Å². The largest absolute Gasteiger partial charge is 0.356 e. The molecule has 5 rings (SSSR count). The topological polar surface area (TPSA) is 56.9 Å². The van der Waals surface area contributed by atoms with Crippen molar-refractivity contribution in [3.8, 4) is 0 Å². The first kappa shape index (κ1) is 12.9. The minimum atomic E-state index is -0.798. The molecule has 1 spiro atoms. The second-order valence-electron chi connectivity index (χ2n) is 6.45. The molecule has 0 aliphatic carbocycles. The van der Waals surface area contributed by atoms with Crippen molar-refractivity contribution in [3.05, 3.63) is 64.8 Å². The second kappa shape index (κ2) is 4.24. The Kier molecular flexibility index (Phi) is 2.38. The van der Waals surface area contributed by atoms with Gasteiger partial charge in [-0.15, -0.1) is 0 Å². The molecule has 3 aromatic rings. The molecule has 0 saturated carbocycles. The van der Waals surface area contributed by atoms with E-state index in [2.05, 4.69) is 46.8 Å². The van der Waals surface area contributed by atoms with Crippen LogP contribution >= 0.6 is 0 Å². The predicted octanol–water partition coefficient (Wildman–Crippen LogP) is 2.82. The standard InChI is InChI=1S/C19H17N3O/c1-11-6-7-16-14(10-11)19(18(23)22-16)17-13(8-9-20-19)12-4-2-3-5-15(12)21-17/h2-7,10,20-21H,8-9H2,1H3,(H,22,23). The molecule has 2 aliphatic heterocycles. The summed E-state index contributed by atoms with van der Waals surface area (Å²) >= 11 is 0. The van der Waals surface area contributed by atoms with Crippen LogP contribution in [-0.2, 0) is 16.8 Å².